The highest BCUT2D eigenvalue weighted by atomic mass is 35.5. The van der Waals surface area contributed by atoms with Gasteiger partial charge in [0.1, 0.15) is 11.6 Å². The van der Waals surface area contributed by atoms with Gasteiger partial charge in [0.15, 0.2) is 6.61 Å². The van der Waals surface area contributed by atoms with E-state index in [2.05, 4.69) is 15.8 Å². The Bertz CT molecular complexity index is 1080. The van der Waals surface area contributed by atoms with Gasteiger partial charge in [0, 0.05) is 10.4 Å². The van der Waals surface area contributed by atoms with E-state index in [1.54, 1.807) is 13.0 Å². The van der Waals surface area contributed by atoms with Gasteiger partial charge < -0.3 is 4.74 Å². The molecule has 1 aromatic heterocycles. The maximum Gasteiger partial charge on any atom is 0.276 e. The van der Waals surface area contributed by atoms with Crippen molar-refractivity contribution in [2.45, 2.75) is 6.92 Å². The topological polar surface area (TPSA) is 80.3 Å². The highest BCUT2D eigenvalue weighted by Crippen LogP contribution is 2.27. The van der Waals surface area contributed by atoms with Crippen LogP contribution >= 0.6 is 23.2 Å². The molecule has 6 nitrogen and oxygen atoms in total. The van der Waals surface area contributed by atoms with Crippen LogP contribution in [0.3, 0.4) is 0 Å². The third-order valence-electron chi connectivity index (χ3n) is 3.78. The number of nitrogens with one attached hydrogen (secondary N) is 2. The molecule has 0 saturated heterocycles. The van der Waals surface area contributed by atoms with Crippen molar-refractivity contribution >= 4 is 45.9 Å². The van der Waals surface area contributed by atoms with E-state index in [4.69, 9.17) is 27.9 Å². The van der Waals surface area contributed by atoms with Crippen molar-refractivity contribution in [3.05, 3.63) is 69.6 Å². The van der Waals surface area contributed by atoms with E-state index in [-0.39, 0.29) is 22.9 Å². The van der Waals surface area contributed by atoms with Crippen LogP contribution < -0.4 is 15.6 Å². The van der Waals surface area contributed by atoms with Crippen LogP contribution in [0.15, 0.2) is 42.5 Å². The number of nitrogens with zero attached hydrogens (tertiary/aromatic N) is 1. The molecule has 0 atom stereocenters. The first-order valence-electron chi connectivity index (χ1n) is 8.07. The maximum absolute atomic E-state index is 13.4. The fourth-order valence-electron chi connectivity index (χ4n) is 2.44. The smallest absolute Gasteiger partial charge is 0.276 e. The lowest BCUT2D eigenvalue weighted by Crippen LogP contribution is -2.44. The predicted molar refractivity (Wildman–Crippen MR) is 104 cm³/mol. The van der Waals surface area contributed by atoms with E-state index < -0.39 is 17.6 Å². The summed E-state index contributed by atoms with van der Waals surface area (Å²) >= 11 is 11.7. The van der Waals surface area contributed by atoms with Crippen molar-refractivity contribution in [2.75, 3.05) is 6.61 Å². The molecule has 0 spiro atoms. The second-order valence-electron chi connectivity index (χ2n) is 5.82. The third kappa shape index (κ3) is 4.68. The summed E-state index contributed by atoms with van der Waals surface area (Å²) in [6, 6.07) is 10.2. The molecule has 9 heteroatoms. The van der Waals surface area contributed by atoms with Gasteiger partial charge >= 0.3 is 0 Å². The Balaban J connectivity index is 1.61. The lowest BCUT2D eigenvalue weighted by molar-refractivity contribution is -0.123. The lowest BCUT2D eigenvalue weighted by Gasteiger charge is -2.11. The van der Waals surface area contributed by atoms with Gasteiger partial charge in [-0.1, -0.05) is 23.2 Å². The van der Waals surface area contributed by atoms with Gasteiger partial charge in [0.25, 0.3) is 11.8 Å². The number of hydrazine groups is 1. The fourth-order valence-corrected chi connectivity index (χ4v) is 2.90. The van der Waals surface area contributed by atoms with E-state index >= 15 is 0 Å². The van der Waals surface area contributed by atoms with E-state index in [0.29, 0.717) is 21.6 Å². The number of ether oxygens (including phenoxy) is 1. The second-order valence-corrected chi connectivity index (χ2v) is 6.67. The van der Waals surface area contributed by atoms with Crippen LogP contribution in [-0.2, 0) is 4.79 Å². The zero-order valence-electron chi connectivity index (χ0n) is 14.6. The number of pyridine rings is 1. The molecule has 0 aliphatic rings. The van der Waals surface area contributed by atoms with Crippen LogP contribution in [0.25, 0.3) is 10.9 Å². The highest BCUT2D eigenvalue weighted by molar-refractivity contribution is 6.35. The number of carbonyl (C=O) groups is 2. The molecule has 1 heterocycles. The SMILES string of the molecule is Cc1nc2ccc(F)cc2cc1C(=O)NNC(=O)COc1ccc(Cl)cc1Cl. The normalized spacial score (nSPS) is 10.6. The standard InChI is InChI=1S/C19H14Cl2FN3O3/c1-10-14(7-11-6-13(22)3-4-16(11)23-10)19(27)25-24-18(26)9-28-17-5-2-12(20)8-15(17)21/h2-8H,9H2,1H3,(H,24,26)(H,25,27). The van der Waals surface area contributed by atoms with Crippen molar-refractivity contribution < 1.29 is 18.7 Å². The highest BCUT2D eigenvalue weighted by Gasteiger charge is 2.13. The molecule has 0 aliphatic heterocycles. The molecular formula is C19H14Cl2FN3O3. The Kier molecular flexibility index (Phi) is 5.96. The molecule has 0 saturated carbocycles. The summed E-state index contributed by atoms with van der Waals surface area (Å²) in [6.07, 6.45) is 0. The minimum absolute atomic E-state index is 0.208. The van der Waals surface area contributed by atoms with Crippen LogP contribution in [0.1, 0.15) is 16.1 Å². The molecule has 144 valence electrons. The van der Waals surface area contributed by atoms with Crippen LogP contribution in [-0.4, -0.2) is 23.4 Å². The number of hydrogen-bond donors (Lipinski definition) is 2. The first kappa shape index (κ1) is 19.9. The Morgan fingerprint density at radius 2 is 1.89 bits per heavy atom. The molecule has 3 rings (SSSR count). The van der Waals surface area contributed by atoms with Gasteiger partial charge in [0.2, 0.25) is 0 Å². The molecule has 0 unspecified atom stereocenters. The van der Waals surface area contributed by atoms with Gasteiger partial charge in [-0.25, -0.2) is 4.39 Å². The molecule has 2 aromatic carbocycles. The van der Waals surface area contributed by atoms with Crippen molar-refractivity contribution in [2.24, 2.45) is 0 Å². The molecule has 2 amide bonds. The van der Waals surface area contributed by atoms with E-state index in [0.717, 1.165) is 0 Å². The number of amides is 2. The van der Waals surface area contributed by atoms with Crippen LogP contribution in [0.2, 0.25) is 10.0 Å². The Labute approximate surface area is 169 Å². The van der Waals surface area contributed by atoms with Crippen LogP contribution in [0, 0.1) is 12.7 Å². The minimum Gasteiger partial charge on any atom is -0.482 e. The summed E-state index contributed by atoms with van der Waals surface area (Å²) in [5, 5.41) is 1.17. The number of benzene rings is 2. The maximum atomic E-state index is 13.4. The van der Waals surface area contributed by atoms with Crippen LogP contribution in [0.5, 0.6) is 5.75 Å². The zero-order chi connectivity index (χ0) is 20.3. The number of halogens is 3. The lowest BCUT2D eigenvalue weighted by atomic mass is 10.1. The summed E-state index contributed by atoms with van der Waals surface area (Å²) in [5.74, 6) is -1.34. The van der Waals surface area contributed by atoms with Crippen LogP contribution in [0.4, 0.5) is 4.39 Å². The fraction of sp³-hybridized carbons (Fsp3) is 0.105. The van der Waals surface area contributed by atoms with Gasteiger partial charge in [0.05, 0.1) is 21.8 Å². The average Bonchev–Trinajstić information content (AvgIpc) is 2.65. The molecule has 3 aromatic rings. The first-order valence-corrected chi connectivity index (χ1v) is 8.83. The third-order valence-corrected chi connectivity index (χ3v) is 4.31. The number of hydrogen-bond acceptors (Lipinski definition) is 4. The number of fused-ring (bicyclic) bond motifs is 1. The molecule has 0 aliphatic carbocycles. The Hall–Kier alpha value is -2.90. The molecule has 2 N–H and O–H groups in total. The number of aromatic nitrogens is 1. The largest absolute Gasteiger partial charge is 0.482 e. The van der Waals surface area contributed by atoms with Gasteiger partial charge in [-0.3, -0.25) is 25.4 Å². The summed E-state index contributed by atoms with van der Waals surface area (Å²) < 4.78 is 18.7. The second kappa shape index (κ2) is 8.41. The van der Waals surface area contributed by atoms with Gasteiger partial charge in [-0.15, -0.1) is 0 Å². The summed E-state index contributed by atoms with van der Waals surface area (Å²) in [5.41, 5.74) is 5.72. The number of aryl methyl sites for hydroxylation is 1. The van der Waals surface area contributed by atoms with Crippen molar-refractivity contribution in [1.29, 1.82) is 0 Å². The summed E-state index contributed by atoms with van der Waals surface area (Å²) in [7, 11) is 0. The molecule has 28 heavy (non-hydrogen) atoms. The average molecular weight is 422 g/mol. The molecule has 0 radical (unpaired) electrons. The molecule has 0 fully saturated rings. The van der Waals surface area contributed by atoms with E-state index in [1.807, 2.05) is 0 Å². The molecular weight excluding hydrogens is 408 g/mol. The van der Waals surface area contributed by atoms with Crippen molar-refractivity contribution in [3.8, 4) is 5.75 Å². The Morgan fingerprint density at radius 1 is 1.11 bits per heavy atom. The first-order chi connectivity index (χ1) is 13.3. The van der Waals surface area contributed by atoms with Gasteiger partial charge in [-0.2, -0.15) is 0 Å². The number of carbonyl (C=O) groups excluding carboxylic acids is 2. The number of rotatable bonds is 4. The Morgan fingerprint density at radius 3 is 2.64 bits per heavy atom. The van der Waals surface area contributed by atoms with E-state index in [9.17, 15) is 14.0 Å². The quantitative estimate of drug-likeness (QED) is 0.627. The van der Waals surface area contributed by atoms with Crippen molar-refractivity contribution in [1.82, 2.24) is 15.8 Å². The summed E-state index contributed by atoms with van der Waals surface area (Å²) in [6.45, 7) is 1.27. The van der Waals surface area contributed by atoms with Gasteiger partial charge in [-0.05, 0) is 49.4 Å². The van der Waals surface area contributed by atoms with Crippen molar-refractivity contribution in [3.63, 3.8) is 0 Å². The summed E-state index contributed by atoms with van der Waals surface area (Å²) in [4.78, 5) is 28.5. The molecule has 0 bridgehead atoms. The minimum atomic E-state index is -0.600. The van der Waals surface area contributed by atoms with E-state index in [1.165, 1.54) is 36.4 Å². The zero-order valence-corrected chi connectivity index (χ0v) is 16.1. The predicted octanol–water partition coefficient (Wildman–Crippen LogP) is 3.83. The monoisotopic (exact) mass is 421 g/mol.